The Morgan fingerprint density at radius 2 is 1.88 bits per heavy atom. The Kier molecular flexibility index (Phi) is 3.70. The first-order valence-electron chi connectivity index (χ1n) is 7.26. The predicted molar refractivity (Wildman–Crippen MR) is 104 cm³/mol. The van der Waals surface area contributed by atoms with E-state index in [2.05, 4.69) is 26.2 Å². The van der Waals surface area contributed by atoms with Gasteiger partial charge in [0.05, 0.1) is 10.4 Å². The van der Waals surface area contributed by atoms with Gasteiger partial charge in [0.1, 0.15) is 5.52 Å². The SMILES string of the molecule is Nc1nc2c(NC(=O)c3ccc4cc(Br)ccc4c3)cccc2s1. The summed E-state index contributed by atoms with van der Waals surface area (Å²) < 4.78 is 1.97. The van der Waals surface area contributed by atoms with Gasteiger partial charge in [-0.2, -0.15) is 0 Å². The molecule has 0 fully saturated rings. The molecule has 0 unspecified atom stereocenters. The molecule has 1 heterocycles. The maximum atomic E-state index is 12.6. The molecule has 3 N–H and O–H groups in total. The van der Waals surface area contributed by atoms with Crippen LogP contribution in [-0.2, 0) is 0 Å². The Hall–Kier alpha value is -2.44. The number of nitrogen functional groups attached to an aromatic ring is 1. The van der Waals surface area contributed by atoms with Crippen molar-refractivity contribution >= 4 is 65.0 Å². The minimum atomic E-state index is -0.168. The van der Waals surface area contributed by atoms with Crippen LogP contribution in [0.1, 0.15) is 10.4 Å². The van der Waals surface area contributed by atoms with E-state index in [-0.39, 0.29) is 5.91 Å². The number of halogens is 1. The summed E-state index contributed by atoms with van der Waals surface area (Å²) in [6, 6.07) is 17.3. The highest BCUT2D eigenvalue weighted by Gasteiger charge is 2.11. The van der Waals surface area contributed by atoms with Crippen LogP contribution in [0, 0.1) is 0 Å². The lowest BCUT2D eigenvalue weighted by molar-refractivity contribution is 0.102. The standard InChI is InChI=1S/C18H12BrN3OS/c19-13-7-6-10-8-12(5-4-11(10)9-13)17(23)21-14-2-1-3-15-16(14)22-18(20)24-15/h1-9H,(H2,20,22)(H,21,23). The average molecular weight is 398 g/mol. The first-order chi connectivity index (χ1) is 11.6. The van der Waals surface area contributed by atoms with Gasteiger partial charge in [0.2, 0.25) is 0 Å². The van der Waals surface area contributed by atoms with Crippen molar-refractivity contribution in [3.63, 3.8) is 0 Å². The lowest BCUT2D eigenvalue weighted by atomic mass is 10.1. The maximum Gasteiger partial charge on any atom is 0.255 e. The van der Waals surface area contributed by atoms with E-state index in [1.807, 2.05) is 54.6 Å². The number of amides is 1. The zero-order chi connectivity index (χ0) is 16.7. The second-order valence-corrected chi connectivity index (χ2v) is 7.34. The summed E-state index contributed by atoms with van der Waals surface area (Å²) in [4.78, 5) is 16.9. The Bertz CT molecular complexity index is 1090. The number of anilines is 2. The van der Waals surface area contributed by atoms with Crippen LogP contribution in [0.2, 0.25) is 0 Å². The van der Waals surface area contributed by atoms with Gasteiger partial charge in [-0.1, -0.05) is 45.5 Å². The van der Waals surface area contributed by atoms with E-state index in [1.165, 1.54) is 11.3 Å². The van der Waals surface area contributed by atoms with Gasteiger partial charge < -0.3 is 11.1 Å². The molecule has 0 atom stereocenters. The second kappa shape index (κ2) is 5.89. The molecule has 118 valence electrons. The van der Waals surface area contributed by atoms with Gasteiger partial charge in [-0.25, -0.2) is 4.98 Å². The third-order valence-corrected chi connectivity index (χ3v) is 5.09. The third kappa shape index (κ3) is 2.74. The van der Waals surface area contributed by atoms with Crippen molar-refractivity contribution in [1.29, 1.82) is 0 Å². The maximum absolute atomic E-state index is 12.6. The van der Waals surface area contributed by atoms with Crippen molar-refractivity contribution in [3.8, 4) is 0 Å². The quantitative estimate of drug-likeness (QED) is 0.497. The van der Waals surface area contributed by atoms with E-state index < -0.39 is 0 Å². The average Bonchev–Trinajstić information content (AvgIpc) is 2.95. The lowest BCUT2D eigenvalue weighted by Crippen LogP contribution is -2.12. The highest BCUT2D eigenvalue weighted by atomic mass is 79.9. The van der Waals surface area contributed by atoms with Gasteiger partial charge in [-0.05, 0) is 47.2 Å². The molecule has 0 spiro atoms. The number of nitrogens with one attached hydrogen (secondary N) is 1. The fourth-order valence-corrected chi connectivity index (χ4v) is 3.76. The van der Waals surface area contributed by atoms with Crippen LogP contribution >= 0.6 is 27.3 Å². The molecule has 0 aliphatic rings. The number of benzene rings is 3. The van der Waals surface area contributed by atoms with Crippen molar-refractivity contribution in [2.75, 3.05) is 11.1 Å². The molecule has 3 aromatic carbocycles. The molecular weight excluding hydrogens is 386 g/mol. The molecule has 0 saturated carbocycles. The number of hydrogen-bond donors (Lipinski definition) is 2. The zero-order valence-electron chi connectivity index (χ0n) is 12.4. The molecule has 0 aliphatic carbocycles. The van der Waals surface area contributed by atoms with Crippen LogP contribution in [0.25, 0.3) is 21.0 Å². The monoisotopic (exact) mass is 397 g/mol. The molecule has 0 aliphatic heterocycles. The number of carbonyl (C=O) groups excluding carboxylic acids is 1. The topological polar surface area (TPSA) is 68.0 Å². The normalized spacial score (nSPS) is 11.0. The minimum absolute atomic E-state index is 0.168. The number of thiazole rings is 1. The number of hydrogen-bond acceptors (Lipinski definition) is 4. The van der Waals surface area contributed by atoms with Crippen LogP contribution in [0.5, 0.6) is 0 Å². The molecule has 4 aromatic rings. The smallest absolute Gasteiger partial charge is 0.255 e. The zero-order valence-corrected chi connectivity index (χ0v) is 14.8. The van der Waals surface area contributed by atoms with Gasteiger partial charge in [-0.15, -0.1) is 0 Å². The Morgan fingerprint density at radius 3 is 2.75 bits per heavy atom. The molecule has 0 bridgehead atoms. The number of nitrogens with two attached hydrogens (primary N) is 1. The van der Waals surface area contributed by atoms with Crippen molar-refractivity contribution in [2.24, 2.45) is 0 Å². The molecule has 4 rings (SSSR count). The Morgan fingerprint density at radius 1 is 1.08 bits per heavy atom. The second-order valence-electron chi connectivity index (χ2n) is 5.36. The highest BCUT2D eigenvalue weighted by Crippen LogP contribution is 2.29. The van der Waals surface area contributed by atoms with E-state index in [1.54, 1.807) is 0 Å². The van der Waals surface area contributed by atoms with Gasteiger partial charge in [0.15, 0.2) is 5.13 Å². The molecule has 6 heteroatoms. The fourth-order valence-electron chi connectivity index (χ4n) is 2.62. The highest BCUT2D eigenvalue weighted by molar-refractivity contribution is 9.10. The van der Waals surface area contributed by atoms with Crippen LogP contribution < -0.4 is 11.1 Å². The van der Waals surface area contributed by atoms with E-state index in [4.69, 9.17) is 5.73 Å². The Labute approximate surface area is 150 Å². The number of rotatable bonds is 2. The van der Waals surface area contributed by atoms with Crippen LogP contribution in [0.4, 0.5) is 10.8 Å². The molecule has 0 saturated heterocycles. The van der Waals surface area contributed by atoms with Crippen molar-refractivity contribution in [2.45, 2.75) is 0 Å². The van der Waals surface area contributed by atoms with E-state index in [0.29, 0.717) is 16.4 Å². The minimum Gasteiger partial charge on any atom is -0.375 e. The first kappa shape index (κ1) is 15.1. The van der Waals surface area contributed by atoms with Gasteiger partial charge in [0, 0.05) is 10.0 Å². The lowest BCUT2D eigenvalue weighted by Gasteiger charge is -2.07. The number of carbonyl (C=O) groups is 1. The molecule has 1 amide bonds. The Balaban J connectivity index is 1.69. The van der Waals surface area contributed by atoms with Crippen LogP contribution in [0.15, 0.2) is 59.1 Å². The largest absolute Gasteiger partial charge is 0.375 e. The summed E-state index contributed by atoms with van der Waals surface area (Å²) in [5, 5.41) is 5.51. The van der Waals surface area contributed by atoms with Gasteiger partial charge in [0.25, 0.3) is 5.91 Å². The summed E-state index contributed by atoms with van der Waals surface area (Å²) in [5.41, 5.74) is 7.76. The summed E-state index contributed by atoms with van der Waals surface area (Å²) in [7, 11) is 0. The number of aromatic nitrogens is 1. The fraction of sp³-hybridized carbons (Fsp3) is 0. The van der Waals surface area contributed by atoms with Crippen LogP contribution in [0.3, 0.4) is 0 Å². The van der Waals surface area contributed by atoms with Gasteiger partial charge >= 0.3 is 0 Å². The number of fused-ring (bicyclic) bond motifs is 2. The summed E-state index contributed by atoms with van der Waals surface area (Å²) in [6.07, 6.45) is 0. The third-order valence-electron chi connectivity index (χ3n) is 3.75. The van der Waals surface area contributed by atoms with E-state index >= 15 is 0 Å². The molecule has 24 heavy (non-hydrogen) atoms. The predicted octanol–water partition coefficient (Wildman–Crippen LogP) is 5.05. The number of nitrogens with zero attached hydrogens (tertiary/aromatic N) is 1. The van der Waals surface area contributed by atoms with Gasteiger partial charge in [-0.3, -0.25) is 4.79 Å². The van der Waals surface area contributed by atoms with Crippen molar-refractivity contribution in [3.05, 3.63) is 64.6 Å². The first-order valence-corrected chi connectivity index (χ1v) is 8.87. The van der Waals surface area contributed by atoms with Crippen molar-refractivity contribution in [1.82, 2.24) is 4.98 Å². The molecular formula is C18H12BrN3OS. The molecule has 4 nitrogen and oxygen atoms in total. The van der Waals surface area contributed by atoms with E-state index in [9.17, 15) is 4.79 Å². The van der Waals surface area contributed by atoms with E-state index in [0.717, 1.165) is 25.5 Å². The van der Waals surface area contributed by atoms with Crippen LogP contribution in [-0.4, -0.2) is 10.9 Å². The summed E-state index contributed by atoms with van der Waals surface area (Å²) in [6.45, 7) is 0. The summed E-state index contributed by atoms with van der Waals surface area (Å²) in [5.74, 6) is -0.168. The molecule has 0 radical (unpaired) electrons. The summed E-state index contributed by atoms with van der Waals surface area (Å²) >= 11 is 4.86. The number of para-hydroxylation sites is 1. The molecule has 1 aromatic heterocycles. The van der Waals surface area contributed by atoms with Crippen molar-refractivity contribution < 1.29 is 4.79 Å².